The minimum Gasteiger partial charge on any atom is -0.349 e. The lowest BCUT2D eigenvalue weighted by Crippen LogP contribution is -2.44. The lowest BCUT2D eigenvalue weighted by Gasteiger charge is -2.29. The largest absolute Gasteiger partial charge is 0.349 e. The first-order valence-corrected chi connectivity index (χ1v) is 11.5. The van der Waals surface area contributed by atoms with Crippen LogP contribution in [0.25, 0.3) is 0 Å². The molecule has 7 heteroatoms. The Kier molecular flexibility index (Phi) is 17.9. The molecule has 32 heavy (non-hydrogen) atoms. The molecule has 1 rings (SSSR count). The first-order valence-electron chi connectivity index (χ1n) is 11.5. The summed E-state index contributed by atoms with van der Waals surface area (Å²) in [6.45, 7) is 13.9. The monoisotopic (exact) mass is 444 g/mol. The van der Waals surface area contributed by atoms with Gasteiger partial charge in [-0.1, -0.05) is 38.5 Å². The van der Waals surface area contributed by atoms with Gasteiger partial charge in [-0.3, -0.25) is 14.8 Å². The molecular weight excluding hydrogens is 400 g/mol. The molecule has 0 radical (unpaired) electrons. The highest BCUT2D eigenvalue weighted by Gasteiger charge is 2.21. The number of carbonyl (C=O) groups is 1. The number of likely N-dealkylation sites (tertiary alicyclic amines) is 1. The lowest BCUT2D eigenvalue weighted by atomic mass is 10.0. The fraction of sp³-hybridized carbons (Fsp3) is 0.560. The molecule has 1 fully saturated rings. The van der Waals surface area contributed by atoms with Gasteiger partial charge < -0.3 is 21.7 Å². The highest BCUT2D eigenvalue weighted by Crippen LogP contribution is 2.17. The molecule has 1 aliphatic heterocycles. The molecule has 1 amide bonds. The van der Waals surface area contributed by atoms with Gasteiger partial charge in [0, 0.05) is 12.3 Å². The maximum Gasteiger partial charge on any atom is 0.254 e. The van der Waals surface area contributed by atoms with Crippen molar-refractivity contribution >= 4 is 18.8 Å². The smallest absolute Gasteiger partial charge is 0.254 e. The Labute approximate surface area is 195 Å². The summed E-state index contributed by atoms with van der Waals surface area (Å²) in [7, 11) is 3.60. The molecular formula is C25H44N6O. The second kappa shape index (κ2) is 19.3. The number of hydrogen-bond donors (Lipinski definition) is 3. The molecule has 0 unspecified atom stereocenters. The molecule has 1 saturated heterocycles. The molecule has 0 bridgehead atoms. The number of nitrogens with zero attached hydrogens (tertiary/aromatic N) is 3. The van der Waals surface area contributed by atoms with Gasteiger partial charge >= 0.3 is 0 Å². The van der Waals surface area contributed by atoms with Crippen LogP contribution in [0, 0.1) is 0 Å². The van der Waals surface area contributed by atoms with Crippen LogP contribution in [0.2, 0.25) is 0 Å². The average molecular weight is 445 g/mol. The zero-order valence-electron chi connectivity index (χ0n) is 20.2. The molecule has 0 aromatic heterocycles. The van der Waals surface area contributed by atoms with Crippen molar-refractivity contribution < 1.29 is 4.79 Å². The van der Waals surface area contributed by atoms with Gasteiger partial charge in [0.15, 0.2) is 0 Å². The molecule has 0 aliphatic carbocycles. The fourth-order valence-electron chi connectivity index (χ4n) is 3.37. The van der Waals surface area contributed by atoms with E-state index in [1.54, 1.807) is 24.4 Å². The Balaban J connectivity index is 0.00000466. The van der Waals surface area contributed by atoms with E-state index in [2.05, 4.69) is 52.9 Å². The second-order valence-electron chi connectivity index (χ2n) is 7.67. The topological polar surface area (TPSA) is 109 Å². The van der Waals surface area contributed by atoms with Crippen molar-refractivity contribution in [3.8, 4) is 0 Å². The van der Waals surface area contributed by atoms with E-state index < -0.39 is 0 Å². The van der Waals surface area contributed by atoms with Crippen molar-refractivity contribution in [2.45, 2.75) is 57.4 Å². The summed E-state index contributed by atoms with van der Waals surface area (Å²) in [5.74, 6) is -0.138. The molecule has 0 atom stereocenters. The van der Waals surface area contributed by atoms with Crippen molar-refractivity contribution in [1.82, 2.24) is 10.2 Å². The van der Waals surface area contributed by atoms with Crippen molar-refractivity contribution in [1.29, 1.82) is 0 Å². The Bertz CT molecular complexity index is 657. The Morgan fingerprint density at radius 2 is 1.75 bits per heavy atom. The summed E-state index contributed by atoms with van der Waals surface area (Å²) in [6.07, 6.45) is 14.5. The number of aliphatic imine (C=N–C) groups is 2. The number of rotatable bonds is 14. The standard InChI is InChI=1S/C24H39N5O.CH5N/c1-5-12-20(6-2)27-19-22(23(26-3)13-10-8-7-9-11-16-25)24(30)28-21-14-17-29(4)18-15-21;1-2/h5-6,12,19,21H,1-3,7-11,13-18,25H2,4H3,(H,28,30);2H2,1H3/b20-12+,23-22+,27-19+;. The van der Waals surface area contributed by atoms with Gasteiger partial charge in [-0.15, -0.1) is 0 Å². The van der Waals surface area contributed by atoms with Crippen molar-refractivity contribution in [2.75, 3.05) is 33.7 Å². The molecule has 5 N–H and O–H groups in total. The number of carbonyl (C=O) groups excluding carboxylic acids is 1. The maximum absolute atomic E-state index is 13.1. The predicted octanol–water partition coefficient (Wildman–Crippen LogP) is 3.35. The molecule has 0 aromatic rings. The van der Waals surface area contributed by atoms with Crippen LogP contribution < -0.4 is 16.8 Å². The number of hydrogen-bond acceptors (Lipinski definition) is 6. The van der Waals surface area contributed by atoms with E-state index >= 15 is 0 Å². The normalized spacial score (nSPS) is 16.1. The molecule has 0 aromatic carbocycles. The number of amides is 1. The maximum atomic E-state index is 13.1. The summed E-state index contributed by atoms with van der Waals surface area (Å²) in [4.78, 5) is 24.0. The molecule has 1 heterocycles. The van der Waals surface area contributed by atoms with Gasteiger partial charge in [0.2, 0.25) is 0 Å². The second-order valence-corrected chi connectivity index (χ2v) is 7.67. The zero-order chi connectivity index (χ0) is 24.2. The summed E-state index contributed by atoms with van der Waals surface area (Å²) >= 11 is 0. The van der Waals surface area contributed by atoms with Crippen molar-refractivity contribution in [3.63, 3.8) is 0 Å². The van der Waals surface area contributed by atoms with Crippen LogP contribution in [-0.4, -0.2) is 63.5 Å². The summed E-state index contributed by atoms with van der Waals surface area (Å²) in [6, 6.07) is 0.169. The Morgan fingerprint density at radius 1 is 1.12 bits per heavy atom. The van der Waals surface area contributed by atoms with E-state index in [1.165, 1.54) is 7.05 Å². The third-order valence-corrected chi connectivity index (χ3v) is 5.26. The zero-order valence-corrected chi connectivity index (χ0v) is 20.2. The van der Waals surface area contributed by atoms with Crippen LogP contribution in [0.1, 0.15) is 51.4 Å². The van der Waals surface area contributed by atoms with E-state index in [4.69, 9.17) is 5.73 Å². The Morgan fingerprint density at radius 3 is 2.31 bits per heavy atom. The van der Waals surface area contributed by atoms with Gasteiger partial charge in [0.25, 0.3) is 5.91 Å². The van der Waals surface area contributed by atoms with E-state index in [-0.39, 0.29) is 11.9 Å². The SMILES string of the molecule is C=C/C=C(C=C)/N=C/C(C(=O)NC1CCN(C)CC1)=C(/CCCCCCCN)N=C.CN. The van der Waals surface area contributed by atoms with Crippen LogP contribution in [0.3, 0.4) is 0 Å². The highest BCUT2D eigenvalue weighted by molar-refractivity contribution is 6.13. The van der Waals surface area contributed by atoms with Crippen LogP contribution in [0.15, 0.2) is 58.3 Å². The van der Waals surface area contributed by atoms with E-state index in [0.29, 0.717) is 23.4 Å². The van der Waals surface area contributed by atoms with Gasteiger partial charge in [0.05, 0.1) is 17.0 Å². The van der Waals surface area contributed by atoms with Crippen molar-refractivity contribution in [3.05, 3.63) is 48.4 Å². The minimum absolute atomic E-state index is 0.138. The minimum atomic E-state index is -0.138. The number of piperidine rings is 1. The van der Waals surface area contributed by atoms with E-state index in [9.17, 15) is 4.79 Å². The fourth-order valence-corrected chi connectivity index (χ4v) is 3.37. The average Bonchev–Trinajstić information content (AvgIpc) is 2.81. The van der Waals surface area contributed by atoms with Gasteiger partial charge in [0.1, 0.15) is 0 Å². The van der Waals surface area contributed by atoms with Crippen LogP contribution in [0.4, 0.5) is 0 Å². The first kappa shape index (κ1) is 29.7. The first-order chi connectivity index (χ1) is 15.5. The molecule has 180 valence electrons. The summed E-state index contributed by atoms with van der Waals surface area (Å²) in [5.41, 5.74) is 11.8. The van der Waals surface area contributed by atoms with Crippen LogP contribution in [-0.2, 0) is 4.79 Å². The van der Waals surface area contributed by atoms with Gasteiger partial charge in [-0.05, 0) is 84.7 Å². The summed E-state index contributed by atoms with van der Waals surface area (Å²) < 4.78 is 0. The van der Waals surface area contributed by atoms with Crippen LogP contribution in [0.5, 0.6) is 0 Å². The third-order valence-electron chi connectivity index (χ3n) is 5.26. The molecule has 7 nitrogen and oxygen atoms in total. The number of unbranched alkanes of at least 4 members (excludes halogenated alkanes) is 4. The number of allylic oxidation sites excluding steroid dienone is 4. The predicted molar refractivity (Wildman–Crippen MR) is 139 cm³/mol. The highest BCUT2D eigenvalue weighted by atomic mass is 16.1. The summed E-state index contributed by atoms with van der Waals surface area (Å²) in [5, 5.41) is 3.16. The van der Waals surface area contributed by atoms with Crippen molar-refractivity contribution in [2.24, 2.45) is 21.5 Å². The van der Waals surface area contributed by atoms with E-state index in [1.807, 2.05) is 0 Å². The van der Waals surface area contributed by atoms with E-state index in [0.717, 1.165) is 64.6 Å². The third kappa shape index (κ3) is 12.5. The molecule has 0 spiro atoms. The van der Waals surface area contributed by atoms with Gasteiger partial charge in [-0.25, -0.2) is 0 Å². The molecule has 0 saturated carbocycles. The Hall–Kier alpha value is -2.35. The van der Waals surface area contributed by atoms with Crippen LogP contribution >= 0.6 is 0 Å². The number of nitrogens with one attached hydrogen (secondary N) is 1. The van der Waals surface area contributed by atoms with Gasteiger partial charge in [-0.2, -0.15) is 0 Å². The molecule has 1 aliphatic rings. The quantitative estimate of drug-likeness (QED) is 0.165. The lowest BCUT2D eigenvalue weighted by molar-refractivity contribution is -0.118. The number of nitrogens with two attached hydrogens (primary N) is 2.